The van der Waals surface area contributed by atoms with Crippen LogP contribution in [-0.2, 0) is 9.47 Å². The maximum Gasteiger partial charge on any atom is 0.105 e. The third-order valence-corrected chi connectivity index (χ3v) is 3.15. The number of nitrogens with two attached hydrogens (primary N) is 1. The van der Waals surface area contributed by atoms with E-state index in [2.05, 4.69) is 26.0 Å². The van der Waals surface area contributed by atoms with Crippen LogP contribution < -0.4 is 5.73 Å². The molecule has 0 spiro atoms. The Bertz CT molecular complexity index is 335. The van der Waals surface area contributed by atoms with Gasteiger partial charge in [0.2, 0.25) is 0 Å². The van der Waals surface area contributed by atoms with Crippen molar-refractivity contribution in [3.8, 4) is 0 Å². The molecule has 0 aliphatic carbocycles. The predicted octanol–water partition coefficient (Wildman–Crippen LogP) is 2.13. The summed E-state index contributed by atoms with van der Waals surface area (Å²) in [6.45, 7) is 5.69. The molecule has 0 amide bonds. The Hall–Kier alpha value is -0.900. The highest BCUT2D eigenvalue weighted by Gasteiger charge is 2.29. The summed E-state index contributed by atoms with van der Waals surface area (Å²) in [6, 6.07) is 10.1. The van der Waals surface area contributed by atoms with Crippen molar-refractivity contribution in [2.45, 2.75) is 32.1 Å². The van der Waals surface area contributed by atoms with Crippen molar-refractivity contribution in [1.29, 1.82) is 0 Å². The van der Waals surface area contributed by atoms with Crippen LogP contribution in [0.2, 0.25) is 0 Å². The van der Waals surface area contributed by atoms with Crippen molar-refractivity contribution in [2.24, 2.45) is 11.7 Å². The minimum atomic E-state index is -0.0724. The minimum Gasteiger partial charge on any atom is -0.376 e. The van der Waals surface area contributed by atoms with Crippen molar-refractivity contribution in [1.82, 2.24) is 0 Å². The van der Waals surface area contributed by atoms with E-state index in [1.165, 1.54) is 0 Å². The van der Waals surface area contributed by atoms with Crippen LogP contribution in [0.1, 0.15) is 25.5 Å². The molecule has 3 nitrogen and oxygen atoms in total. The molecule has 2 unspecified atom stereocenters. The number of ether oxygens (including phenoxy) is 2. The summed E-state index contributed by atoms with van der Waals surface area (Å²) >= 11 is 0. The first-order valence-corrected chi connectivity index (χ1v) is 6.22. The van der Waals surface area contributed by atoms with Crippen molar-refractivity contribution in [3.05, 3.63) is 35.9 Å². The quantitative estimate of drug-likeness (QED) is 0.850. The topological polar surface area (TPSA) is 44.5 Å². The number of hydrogen-bond donors (Lipinski definition) is 1. The Morgan fingerprint density at radius 3 is 2.35 bits per heavy atom. The molecule has 1 saturated heterocycles. The van der Waals surface area contributed by atoms with E-state index in [4.69, 9.17) is 15.2 Å². The highest BCUT2D eigenvalue weighted by Crippen LogP contribution is 2.25. The zero-order chi connectivity index (χ0) is 12.3. The average molecular weight is 235 g/mol. The SMILES string of the molecule is CC(C)C(OC1COC1)C(N)c1ccccc1. The van der Waals surface area contributed by atoms with Crippen molar-refractivity contribution in [2.75, 3.05) is 13.2 Å². The smallest absolute Gasteiger partial charge is 0.105 e. The maximum atomic E-state index is 6.30. The molecule has 94 valence electrons. The summed E-state index contributed by atoms with van der Waals surface area (Å²) in [5.74, 6) is 0.394. The van der Waals surface area contributed by atoms with E-state index in [9.17, 15) is 0 Å². The third kappa shape index (κ3) is 3.06. The molecule has 1 aliphatic rings. The molecule has 1 fully saturated rings. The Labute approximate surface area is 103 Å². The van der Waals surface area contributed by atoms with Crippen LogP contribution >= 0.6 is 0 Å². The van der Waals surface area contributed by atoms with Gasteiger partial charge in [-0.05, 0) is 11.5 Å². The normalized spacial score (nSPS) is 20.0. The van der Waals surface area contributed by atoms with Gasteiger partial charge in [-0.25, -0.2) is 0 Å². The summed E-state index contributed by atoms with van der Waals surface area (Å²) in [6.07, 6.45) is 0.267. The van der Waals surface area contributed by atoms with E-state index < -0.39 is 0 Å². The lowest BCUT2D eigenvalue weighted by Crippen LogP contribution is -2.44. The zero-order valence-electron chi connectivity index (χ0n) is 10.5. The van der Waals surface area contributed by atoms with Crippen molar-refractivity contribution in [3.63, 3.8) is 0 Å². The second-order valence-electron chi connectivity index (χ2n) is 4.94. The molecule has 0 bridgehead atoms. The second-order valence-corrected chi connectivity index (χ2v) is 4.94. The Morgan fingerprint density at radius 2 is 1.88 bits per heavy atom. The van der Waals surface area contributed by atoms with Gasteiger partial charge in [0.05, 0.1) is 25.4 Å². The molecule has 17 heavy (non-hydrogen) atoms. The molecule has 3 heteroatoms. The van der Waals surface area contributed by atoms with Gasteiger partial charge in [-0.3, -0.25) is 0 Å². The number of rotatable bonds is 5. The minimum absolute atomic E-state index is 0.0475. The van der Waals surface area contributed by atoms with Gasteiger partial charge >= 0.3 is 0 Å². The van der Waals surface area contributed by atoms with E-state index in [1.54, 1.807) is 0 Å². The van der Waals surface area contributed by atoms with Crippen LogP contribution in [-0.4, -0.2) is 25.4 Å². The van der Waals surface area contributed by atoms with Gasteiger partial charge in [-0.1, -0.05) is 44.2 Å². The molecule has 1 aliphatic heterocycles. The fourth-order valence-corrected chi connectivity index (χ4v) is 2.04. The van der Waals surface area contributed by atoms with E-state index in [1.807, 2.05) is 18.2 Å². The molecular weight excluding hydrogens is 214 g/mol. The Balaban J connectivity index is 2.04. The van der Waals surface area contributed by atoms with Crippen LogP contribution in [0, 0.1) is 5.92 Å². The summed E-state index contributed by atoms with van der Waals surface area (Å²) in [4.78, 5) is 0. The van der Waals surface area contributed by atoms with Crippen LogP contribution in [0.25, 0.3) is 0 Å². The fourth-order valence-electron chi connectivity index (χ4n) is 2.04. The fraction of sp³-hybridized carbons (Fsp3) is 0.571. The zero-order valence-corrected chi connectivity index (χ0v) is 10.5. The number of hydrogen-bond acceptors (Lipinski definition) is 3. The van der Waals surface area contributed by atoms with E-state index in [0.29, 0.717) is 19.1 Å². The van der Waals surface area contributed by atoms with Crippen LogP contribution in [0.15, 0.2) is 30.3 Å². The largest absolute Gasteiger partial charge is 0.376 e. The van der Waals surface area contributed by atoms with Gasteiger partial charge in [0.25, 0.3) is 0 Å². The second kappa shape index (κ2) is 5.63. The summed E-state index contributed by atoms with van der Waals surface area (Å²) in [5, 5.41) is 0. The number of benzene rings is 1. The monoisotopic (exact) mass is 235 g/mol. The first-order valence-electron chi connectivity index (χ1n) is 6.22. The molecule has 1 heterocycles. The maximum absolute atomic E-state index is 6.30. The van der Waals surface area contributed by atoms with E-state index in [0.717, 1.165) is 5.56 Å². The molecule has 0 aromatic heterocycles. The lowest BCUT2D eigenvalue weighted by Gasteiger charge is -2.35. The van der Waals surface area contributed by atoms with Crippen molar-refractivity contribution < 1.29 is 9.47 Å². The highest BCUT2D eigenvalue weighted by atomic mass is 16.6. The van der Waals surface area contributed by atoms with Gasteiger partial charge in [-0.2, -0.15) is 0 Å². The molecule has 1 aromatic rings. The molecular formula is C14H21NO2. The van der Waals surface area contributed by atoms with Crippen LogP contribution in [0.3, 0.4) is 0 Å². The molecule has 1 aromatic carbocycles. The van der Waals surface area contributed by atoms with Crippen LogP contribution in [0.5, 0.6) is 0 Å². The van der Waals surface area contributed by atoms with Gasteiger partial charge in [0.15, 0.2) is 0 Å². The Kier molecular flexibility index (Phi) is 4.15. The van der Waals surface area contributed by atoms with Crippen molar-refractivity contribution >= 4 is 0 Å². The van der Waals surface area contributed by atoms with E-state index >= 15 is 0 Å². The Morgan fingerprint density at radius 1 is 1.24 bits per heavy atom. The molecule has 2 rings (SSSR count). The first kappa shape index (κ1) is 12.6. The lowest BCUT2D eigenvalue weighted by molar-refractivity contribution is -0.168. The summed E-state index contributed by atoms with van der Waals surface area (Å²) in [5.41, 5.74) is 7.43. The standard InChI is InChI=1S/C14H21NO2/c1-10(2)14(17-12-8-16-9-12)13(15)11-6-4-3-5-7-11/h3-7,10,12-14H,8-9,15H2,1-2H3. The summed E-state index contributed by atoms with van der Waals surface area (Å²) < 4.78 is 11.1. The van der Waals surface area contributed by atoms with Gasteiger partial charge in [0, 0.05) is 0 Å². The van der Waals surface area contributed by atoms with E-state index in [-0.39, 0.29) is 18.2 Å². The highest BCUT2D eigenvalue weighted by molar-refractivity contribution is 5.19. The van der Waals surface area contributed by atoms with Gasteiger partial charge < -0.3 is 15.2 Å². The van der Waals surface area contributed by atoms with Crippen LogP contribution in [0.4, 0.5) is 0 Å². The summed E-state index contributed by atoms with van der Waals surface area (Å²) in [7, 11) is 0. The lowest BCUT2D eigenvalue weighted by atomic mass is 9.94. The van der Waals surface area contributed by atoms with Gasteiger partial charge in [-0.15, -0.1) is 0 Å². The van der Waals surface area contributed by atoms with Gasteiger partial charge in [0.1, 0.15) is 6.10 Å². The third-order valence-electron chi connectivity index (χ3n) is 3.15. The predicted molar refractivity (Wildman–Crippen MR) is 67.7 cm³/mol. The average Bonchev–Trinajstić information content (AvgIpc) is 2.27. The first-order chi connectivity index (χ1) is 8.18. The molecule has 0 saturated carbocycles. The molecule has 2 N–H and O–H groups in total. The molecule has 2 atom stereocenters. The molecule has 0 radical (unpaired) electrons.